The Kier molecular flexibility index (Phi) is 3.13. The first kappa shape index (κ1) is 11.4. The minimum atomic E-state index is 0.675. The first-order chi connectivity index (χ1) is 8.84. The van der Waals surface area contributed by atoms with Crippen LogP contribution in [0.25, 0.3) is 10.9 Å². The van der Waals surface area contributed by atoms with E-state index in [2.05, 4.69) is 15.3 Å². The highest BCUT2D eigenvalue weighted by Gasteiger charge is 2.04. The number of benzene rings is 1. The molecule has 3 nitrogen and oxygen atoms in total. The van der Waals surface area contributed by atoms with Crippen LogP contribution in [-0.4, -0.2) is 9.97 Å². The standard InChI is InChI=1S/C13H10ClN3S/c14-11-3-1-2-10-12(4-5-16-13(10)11)17-7-9-6-15-8-18-9/h1-6,8H,7H2,(H,16,17). The molecular formula is C13H10ClN3S. The van der Waals surface area contributed by atoms with Crippen LogP contribution in [0, 0.1) is 0 Å². The fourth-order valence-electron chi connectivity index (χ4n) is 1.81. The molecule has 0 aliphatic heterocycles. The van der Waals surface area contributed by atoms with Gasteiger partial charge in [-0.1, -0.05) is 23.7 Å². The summed E-state index contributed by atoms with van der Waals surface area (Å²) in [6, 6.07) is 7.76. The van der Waals surface area contributed by atoms with E-state index in [0.717, 1.165) is 23.1 Å². The number of rotatable bonds is 3. The van der Waals surface area contributed by atoms with Gasteiger partial charge in [-0.3, -0.25) is 9.97 Å². The second-order valence-electron chi connectivity index (χ2n) is 3.82. The van der Waals surface area contributed by atoms with Crippen LogP contribution in [0.1, 0.15) is 4.88 Å². The number of nitrogens with one attached hydrogen (secondary N) is 1. The third kappa shape index (κ3) is 2.17. The first-order valence-electron chi connectivity index (χ1n) is 5.49. The minimum Gasteiger partial charge on any atom is -0.379 e. The van der Waals surface area contributed by atoms with Crippen molar-refractivity contribution in [2.24, 2.45) is 0 Å². The van der Waals surface area contributed by atoms with Crippen LogP contribution in [0.5, 0.6) is 0 Å². The molecule has 0 radical (unpaired) electrons. The largest absolute Gasteiger partial charge is 0.379 e. The highest BCUT2D eigenvalue weighted by Crippen LogP contribution is 2.27. The van der Waals surface area contributed by atoms with Crippen LogP contribution in [0.2, 0.25) is 5.02 Å². The predicted molar refractivity (Wildman–Crippen MR) is 76.2 cm³/mol. The molecule has 3 aromatic rings. The number of fused-ring (bicyclic) bond motifs is 1. The van der Waals surface area contributed by atoms with Crippen molar-refractivity contribution in [3.63, 3.8) is 0 Å². The van der Waals surface area contributed by atoms with Gasteiger partial charge >= 0.3 is 0 Å². The molecule has 3 rings (SSSR count). The van der Waals surface area contributed by atoms with Gasteiger partial charge in [-0.2, -0.15) is 0 Å². The SMILES string of the molecule is Clc1cccc2c(NCc3cncs3)ccnc12. The van der Waals surface area contributed by atoms with Crippen LogP contribution in [0.4, 0.5) is 5.69 Å². The number of hydrogen-bond acceptors (Lipinski definition) is 4. The summed E-state index contributed by atoms with van der Waals surface area (Å²) in [5.41, 5.74) is 3.70. The first-order valence-corrected chi connectivity index (χ1v) is 6.75. The minimum absolute atomic E-state index is 0.675. The Bertz CT molecular complexity index is 667. The molecule has 0 amide bonds. The zero-order valence-corrected chi connectivity index (χ0v) is 11.0. The summed E-state index contributed by atoms with van der Waals surface area (Å²) < 4.78 is 0. The quantitative estimate of drug-likeness (QED) is 0.786. The summed E-state index contributed by atoms with van der Waals surface area (Å²) in [5.74, 6) is 0. The van der Waals surface area contributed by atoms with Crippen LogP contribution in [0.15, 0.2) is 42.2 Å². The van der Waals surface area contributed by atoms with E-state index < -0.39 is 0 Å². The fraction of sp³-hybridized carbons (Fsp3) is 0.0769. The average molecular weight is 276 g/mol. The summed E-state index contributed by atoms with van der Waals surface area (Å²) >= 11 is 7.77. The van der Waals surface area contributed by atoms with Crippen molar-refractivity contribution in [3.05, 3.63) is 52.1 Å². The maximum absolute atomic E-state index is 6.13. The van der Waals surface area contributed by atoms with E-state index in [1.54, 1.807) is 17.5 Å². The molecule has 0 unspecified atom stereocenters. The van der Waals surface area contributed by atoms with Crippen molar-refractivity contribution in [1.82, 2.24) is 9.97 Å². The van der Waals surface area contributed by atoms with Crippen molar-refractivity contribution >= 4 is 39.5 Å². The summed E-state index contributed by atoms with van der Waals surface area (Å²) in [5, 5.41) is 5.10. The van der Waals surface area contributed by atoms with Gasteiger partial charge < -0.3 is 5.32 Å². The zero-order valence-electron chi connectivity index (χ0n) is 9.43. The summed E-state index contributed by atoms with van der Waals surface area (Å²) in [6.07, 6.45) is 3.64. The number of para-hydroxylation sites is 1. The molecule has 5 heteroatoms. The van der Waals surface area contributed by atoms with Crippen molar-refractivity contribution in [2.75, 3.05) is 5.32 Å². The summed E-state index contributed by atoms with van der Waals surface area (Å²) in [7, 11) is 0. The number of pyridine rings is 1. The fourth-order valence-corrected chi connectivity index (χ4v) is 2.56. The monoisotopic (exact) mass is 275 g/mol. The summed E-state index contributed by atoms with van der Waals surface area (Å²) in [4.78, 5) is 9.56. The van der Waals surface area contributed by atoms with E-state index in [0.29, 0.717) is 5.02 Å². The van der Waals surface area contributed by atoms with E-state index in [-0.39, 0.29) is 0 Å². The molecule has 90 valence electrons. The zero-order chi connectivity index (χ0) is 12.4. The van der Waals surface area contributed by atoms with Crippen molar-refractivity contribution in [2.45, 2.75) is 6.54 Å². The van der Waals surface area contributed by atoms with Gasteiger partial charge in [0.2, 0.25) is 0 Å². The van der Waals surface area contributed by atoms with Gasteiger partial charge in [-0.05, 0) is 12.1 Å². The molecule has 2 heterocycles. The van der Waals surface area contributed by atoms with Gasteiger partial charge in [0.1, 0.15) is 0 Å². The molecule has 0 atom stereocenters. The average Bonchev–Trinajstić information content (AvgIpc) is 2.90. The number of anilines is 1. The molecule has 1 aromatic carbocycles. The van der Waals surface area contributed by atoms with Crippen LogP contribution < -0.4 is 5.32 Å². The molecular weight excluding hydrogens is 266 g/mol. The lowest BCUT2D eigenvalue weighted by Crippen LogP contribution is -1.98. The van der Waals surface area contributed by atoms with Crippen molar-refractivity contribution < 1.29 is 0 Å². The molecule has 0 saturated carbocycles. The molecule has 0 bridgehead atoms. The van der Waals surface area contributed by atoms with Gasteiger partial charge in [-0.25, -0.2) is 0 Å². The van der Waals surface area contributed by atoms with E-state index in [1.807, 2.05) is 36.0 Å². The van der Waals surface area contributed by atoms with E-state index in [4.69, 9.17) is 11.6 Å². The Hall–Kier alpha value is -1.65. The Morgan fingerprint density at radius 1 is 1.28 bits per heavy atom. The molecule has 18 heavy (non-hydrogen) atoms. The highest BCUT2D eigenvalue weighted by atomic mass is 35.5. The van der Waals surface area contributed by atoms with E-state index in [1.165, 1.54) is 4.88 Å². The summed E-state index contributed by atoms with van der Waals surface area (Å²) in [6.45, 7) is 0.760. The number of hydrogen-bond donors (Lipinski definition) is 1. The number of halogens is 1. The van der Waals surface area contributed by atoms with Crippen LogP contribution in [-0.2, 0) is 6.54 Å². The molecule has 0 aliphatic rings. The number of nitrogens with zero attached hydrogens (tertiary/aromatic N) is 2. The van der Waals surface area contributed by atoms with E-state index >= 15 is 0 Å². The molecule has 0 aliphatic carbocycles. The lowest BCUT2D eigenvalue weighted by Gasteiger charge is -2.08. The second kappa shape index (κ2) is 4.92. The van der Waals surface area contributed by atoms with Gasteiger partial charge in [0.15, 0.2) is 0 Å². The molecule has 2 aromatic heterocycles. The topological polar surface area (TPSA) is 37.8 Å². The molecule has 0 saturated heterocycles. The maximum atomic E-state index is 6.13. The Morgan fingerprint density at radius 2 is 2.22 bits per heavy atom. The van der Waals surface area contributed by atoms with Crippen LogP contribution in [0.3, 0.4) is 0 Å². The van der Waals surface area contributed by atoms with Gasteiger partial charge in [0.25, 0.3) is 0 Å². The lowest BCUT2D eigenvalue weighted by atomic mass is 10.2. The molecule has 0 spiro atoms. The normalized spacial score (nSPS) is 10.7. The number of thiazole rings is 1. The van der Waals surface area contributed by atoms with Gasteiger partial charge in [0.05, 0.1) is 22.6 Å². The highest BCUT2D eigenvalue weighted by molar-refractivity contribution is 7.09. The smallest absolute Gasteiger partial charge is 0.0908 e. The molecule has 0 fully saturated rings. The van der Waals surface area contributed by atoms with Crippen LogP contribution >= 0.6 is 22.9 Å². The third-order valence-electron chi connectivity index (χ3n) is 2.66. The predicted octanol–water partition coefficient (Wildman–Crippen LogP) is 3.96. The van der Waals surface area contributed by atoms with Gasteiger partial charge in [-0.15, -0.1) is 11.3 Å². The second-order valence-corrected chi connectivity index (χ2v) is 5.19. The number of aromatic nitrogens is 2. The lowest BCUT2D eigenvalue weighted by molar-refractivity contribution is 1.18. The van der Waals surface area contributed by atoms with Crippen molar-refractivity contribution in [3.8, 4) is 0 Å². The Balaban J connectivity index is 1.94. The molecule has 1 N–H and O–H groups in total. The van der Waals surface area contributed by atoms with Crippen molar-refractivity contribution in [1.29, 1.82) is 0 Å². The maximum Gasteiger partial charge on any atom is 0.0908 e. The third-order valence-corrected chi connectivity index (χ3v) is 3.74. The van der Waals surface area contributed by atoms with E-state index in [9.17, 15) is 0 Å². The Morgan fingerprint density at radius 3 is 3.06 bits per heavy atom. The Labute approximate surface area is 113 Å². The van der Waals surface area contributed by atoms with Gasteiger partial charge in [0, 0.05) is 28.3 Å².